The second kappa shape index (κ2) is 11.0. The van der Waals surface area contributed by atoms with Crippen molar-refractivity contribution < 1.29 is 22.9 Å². The third-order valence-electron chi connectivity index (χ3n) is 8.43. The Morgan fingerprint density at radius 1 is 1.02 bits per heavy atom. The van der Waals surface area contributed by atoms with E-state index in [1.807, 2.05) is 0 Å². The Morgan fingerprint density at radius 3 is 2.52 bits per heavy atom. The molecule has 3 heterocycles. The van der Waals surface area contributed by atoms with Crippen LogP contribution in [-0.2, 0) is 10.3 Å². The maximum Gasteiger partial charge on any atom is 0.273 e. The van der Waals surface area contributed by atoms with Crippen LogP contribution in [0.4, 0.5) is 8.78 Å². The number of nitrogens with zero attached hydrogens (tertiary/aromatic N) is 4. The van der Waals surface area contributed by atoms with Gasteiger partial charge >= 0.3 is 0 Å². The Kier molecular flexibility index (Phi) is 7.31. The fraction of sp³-hybridized carbons (Fsp3) is 0.483. The summed E-state index contributed by atoms with van der Waals surface area (Å²) in [5.41, 5.74) is -0.604. The lowest BCUT2D eigenvalue weighted by molar-refractivity contribution is -0.129. The molecule has 2 aliphatic carbocycles. The molecular formula is C29H32F2N6O3. The van der Waals surface area contributed by atoms with Gasteiger partial charge in [0.15, 0.2) is 17.3 Å². The van der Waals surface area contributed by atoms with Gasteiger partial charge in [-0.2, -0.15) is 0 Å². The maximum absolute atomic E-state index is 14.2. The third kappa shape index (κ3) is 5.47. The molecule has 9 nitrogen and oxygen atoms in total. The van der Waals surface area contributed by atoms with Gasteiger partial charge < -0.3 is 15.2 Å². The second-order valence-corrected chi connectivity index (χ2v) is 11.1. The lowest BCUT2D eigenvalue weighted by atomic mass is 9.86. The van der Waals surface area contributed by atoms with Crippen LogP contribution in [0, 0.1) is 17.6 Å². The summed E-state index contributed by atoms with van der Waals surface area (Å²) < 4.78 is 32.7. The van der Waals surface area contributed by atoms with Crippen LogP contribution < -0.4 is 10.6 Å². The lowest BCUT2D eigenvalue weighted by Gasteiger charge is -2.43. The van der Waals surface area contributed by atoms with Crippen molar-refractivity contribution in [2.75, 3.05) is 13.1 Å². The van der Waals surface area contributed by atoms with Gasteiger partial charge in [-0.05, 0) is 50.3 Å². The smallest absolute Gasteiger partial charge is 0.273 e. The van der Waals surface area contributed by atoms with E-state index in [0.29, 0.717) is 24.8 Å². The van der Waals surface area contributed by atoms with Gasteiger partial charge in [0, 0.05) is 49.7 Å². The Balaban J connectivity index is 1.19. The highest BCUT2D eigenvalue weighted by molar-refractivity contribution is 5.94. The SMILES string of the molecule is O=C(N[C@@H]1CCN(C2CCCCC2)C[C@H]1C(=O)NC1(c2ncccn2)CC1)c1cc(-c2ccc(F)cc2F)on1. The summed E-state index contributed by atoms with van der Waals surface area (Å²) in [6, 6.07) is 6.17. The van der Waals surface area contributed by atoms with Gasteiger partial charge in [-0.15, -0.1) is 0 Å². The van der Waals surface area contributed by atoms with Crippen LogP contribution in [-0.4, -0.2) is 57.0 Å². The zero-order valence-corrected chi connectivity index (χ0v) is 22.1. The molecule has 0 spiro atoms. The first kappa shape index (κ1) is 26.5. The van der Waals surface area contributed by atoms with Gasteiger partial charge in [0.1, 0.15) is 11.6 Å². The van der Waals surface area contributed by atoms with E-state index in [0.717, 1.165) is 44.4 Å². The molecule has 6 rings (SSSR count). The molecule has 1 aromatic carbocycles. The van der Waals surface area contributed by atoms with Crippen molar-refractivity contribution >= 4 is 11.8 Å². The summed E-state index contributed by atoms with van der Waals surface area (Å²) in [5.74, 6) is -2.04. The number of benzene rings is 1. The van der Waals surface area contributed by atoms with Gasteiger partial charge in [0.2, 0.25) is 5.91 Å². The summed E-state index contributed by atoms with van der Waals surface area (Å²) in [4.78, 5) is 38.1. The molecule has 3 aromatic rings. The van der Waals surface area contributed by atoms with E-state index in [4.69, 9.17) is 4.52 Å². The van der Waals surface area contributed by atoms with Crippen molar-refractivity contribution in [3.05, 3.63) is 65.9 Å². The highest BCUT2D eigenvalue weighted by Gasteiger charge is 2.50. The average Bonchev–Trinajstić information content (AvgIpc) is 3.59. The number of hydrogen-bond donors (Lipinski definition) is 2. The number of nitrogens with one attached hydrogen (secondary N) is 2. The number of aromatic nitrogens is 3. The molecular weight excluding hydrogens is 518 g/mol. The van der Waals surface area contributed by atoms with Crippen LogP contribution in [0.15, 0.2) is 47.2 Å². The molecule has 210 valence electrons. The molecule has 1 saturated heterocycles. The van der Waals surface area contributed by atoms with E-state index >= 15 is 0 Å². The zero-order chi connectivity index (χ0) is 27.7. The average molecular weight is 551 g/mol. The van der Waals surface area contributed by atoms with Crippen LogP contribution >= 0.6 is 0 Å². The van der Waals surface area contributed by atoms with E-state index in [-0.39, 0.29) is 22.9 Å². The molecule has 2 saturated carbocycles. The van der Waals surface area contributed by atoms with Crippen LogP contribution in [0.25, 0.3) is 11.3 Å². The van der Waals surface area contributed by atoms with Crippen molar-refractivity contribution in [1.82, 2.24) is 30.7 Å². The largest absolute Gasteiger partial charge is 0.355 e. The molecule has 1 aliphatic heterocycles. The number of hydrogen-bond acceptors (Lipinski definition) is 7. The molecule has 2 N–H and O–H groups in total. The summed E-state index contributed by atoms with van der Waals surface area (Å²) in [5, 5.41) is 10.0. The Morgan fingerprint density at radius 2 is 1.80 bits per heavy atom. The number of rotatable bonds is 7. The highest BCUT2D eigenvalue weighted by Crippen LogP contribution is 2.44. The molecule has 3 fully saturated rings. The third-order valence-corrected chi connectivity index (χ3v) is 8.43. The predicted octanol–water partition coefficient (Wildman–Crippen LogP) is 3.97. The molecule has 2 atom stereocenters. The van der Waals surface area contributed by atoms with E-state index in [1.165, 1.54) is 31.4 Å². The first-order chi connectivity index (χ1) is 19.4. The summed E-state index contributed by atoms with van der Waals surface area (Å²) in [6.45, 7) is 1.31. The normalized spacial score (nSPS) is 22.9. The van der Waals surface area contributed by atoms with Gasteiger partial charge in [-0.25, -0.2) is 18.7 Å². The standard InChI is InChI=1S/C29H32F2N6O3/c30-18-7-8-20(22(31)15-18)25-16-24(36-40-25)27(39)34-23-9-14-37(19-5-2-1-3-6-19)17-21(23)26(38)35-29(10-11-29)28-32-12-4-13-33-28/h4,7-8,12-13,15-16,19,21,23H,1-3,5-6,9-11,14,17H2,(H,34,39)(H,35,38)/t21-,23-/m1/s1. The topological polar surface area (TPSA) is 113 Å². The van der Waals surface area contributed by atoms with Crippen LogP contribution in [0.3, 0.4) is 0 Å². The number of carbonyl (C=O) groups excluding carboxylic acids is 2. The minimum absolute atomic E-state index is 0.00357. The molecule has 0 bridgehead atoms. The van der Waals surface area contributed by atoms with Crippen LogP contribution in [0.2, 0.25) is 0 Å². The quantitative estimate of drug-likeness (QED) is 0.458. The van der Waals surface area contributed by atoms with E-state index in [2.05, 4.69) is 30.7 Å². The van der Waals surface area contributed by atoms with Crippen LogP contribution in [0.1, 0.15) is 67.7 Å². The number of likely N-dealkylation sites (tertiary alicyclic amines) is 1. The minimum Gasteiger partial charge on any atom is -0.355 e. The van der Waals surface area contributed by atoms with E-state index in [9.17, 15) is 18.4 Å². The number of piperidine rings is 1. The van der Waals surface area contributed by atoms with Crippen LogP contribution in [0.5, 0.6) is 0 Å². The fourth-order valence-corrected chi connectivity index (χ4v) is 6.04. The zero-order valence-electron chi connectivity index (χ0n) is 22.1. The molecule has 0 unspecified atom stereocenters. The molecule has 11 heteroatoms. The lowest BCUT2D eigenvalue weighted by Crippen LogP contribution is -2.58. The number of carbonyl (C=O) groups is 2. The molecule has 3 aliphatic rings. The van der Waals surface area contributed by atoms with Gasteiger partial charge in [-0.1, -0.05) is 24.4 Å². The van der Waals surface area contributed by atoms with Crippen molar-refractivity contribution in [2.24, 2.45) is 5.92 Å². The van der Waals surface area contributed by atoms with Crippen molar-refractivity contribution in [2.45, 2.75) is 69.0 Å². The monoisotopic (exact) mass is 550 g/mol. The Bertz CT molecular complexity index is 1370. The minimum atomic E-state index is -0.814. The van der Waals surface area contributed by atoms with Gasteiger partial charge in [0.05, 0.1) is 17.0 Å². The molecule has 0 radical (unpaired) electrons. The summed E-state index contributed by atoms with van der Waals surface area (Å²) in [6.07, 6.45) is 11.3. The Labute approximate surface area is 230 Å². The second-order valence-electron chi connectivity index (χ2n) is 11.1. The fourth-order valence-electron chi connectivity index (χ4n) is 6.04. The van der Waals surface area contributed by atoms with Crippen molar-refractivity contribution in [3.63, 3.8) is 0 Å². The predicted molar refractivity (Wildman–Crippen MR) is 141 cm³/mol. The molecule has 2 aromatic heterocycles. The first-order valence-corrected chi connectivity index (χ1v) is 14.0. The molecule has 40 heavy (non-hydrogen) atoms. The van der Waals surface area contributed by atoms with Crippen molar-refractivity contribution in [1.29, 1.82) is 0 Å². The number of halogens is 2. The molecule has 2 amide bonds. The number of amides is 2. The van der Waals surface area contributed by atoms with E-state index in [1.54, 1.807) is 18.5 Å². The van der Waals surface area contributed by atoms with Gasteiger partial charge in [0.25, 0.3) is 5.91 Å². The first-order valence-electron chi connectivity index (χ1n) is 14.0. The maximum atomic E-state index is 14.2. The Hall–Kier alpha value is -3.73. The van der Waals surface area contributed by atoms with E-state index < -0.39 is 35.0 Å². The summed E-state index contributed by atoms with van der Waals surface area (Å²) >= 11 is 0. The highest BCUT2D eigenvalue weighted by atomic mass is 19.1. The summed E-state index contributed by atoms with van der Waals surface area (Å²) in [7, 11) is 0. The van der Waals surface area contributed by atoms with Gasteiger partial charge in [-0.3, -0.25) is 14.5 Å². The van der Waals surface area contributed by atoms with Crippen molar-refractivity contribution in [3.8, 4) is 11.3 Å².